The van der Waals surface area contributed by atoms with Crippen LogP contribution in [0.4, 0.5) is 5.82 Å². The lowest BCUT2D eigenvalue weighted by Gasteiger charge is -2.38. The zero-order valence-electron chi connectivity index (χ0n) is 17.2. The summed E-state index contributed by atoms with van der Waals surface area (Å²) >= 11 is 0. The van der Waals surface area contributed by atoms with Crippen LogP contribution in [0, 0.1) is 0 Å². The van der Waals surface area contributed by atoms with E-state index in [1.807, 2.05) is 12.1 Å². The Morgan fingerprint density at radius 3 is 2.15 bits per heavy atom. The largest absolute Gasteiger partial charge is 0.375 e. The maximum atomic E-state index is 12.0. The summed E-state index contributed by atoms with van der Waals surface area (Å²) in [7, 11) is 3.52. The fraction of sp³-hybridized carbons (Fsp3) is 0.714. The average molecular weight is 375 g/mol. The Morgan fingerprint density at radius 1 is 1.07 bits per heavy atom. The molecule has 6 nitrogen and oxygen atoms in total. The van der Waals surface area contributed by atoms with Crippen molar-refractivity contribution in [3.8, 4) is 0 Å². The first kappa shape index (κ1) is 20.1. The van der Waals surface area contributed by atoms with E-state index in [0.717, 1.165) is 57.7 Å². The number of hydrogen-bond acceptors (Lipinski definition) is 5. The van der Waals surface area contributed by atoms with Crippen molar-refractivity contribution < 1.29 is 9.53 Å². The molecule has 3 rings (SSSR count). The summed E-state index contributed by atoms with van der Waals surface area (Å²) in [5, 5.41) is 0. The van der Waals surface area contributed by atoms with Gasteiger partial charge in [0.15, 0.2) is 0 Å². The molecule has 0 saturated carbocycles. The van der Waals surface area contributed by atoms with E-state index in [1.54, 1.807) is 25.2 Å². The molecule has 1 aromatic rings. The number of piperidine rings is 2. The summed E-state index contributed by atoms with van der Waals surface area (Å²) in [5.41, 5.74) is 0.634. The van der Waals surface area contributed by atoms with E-state index in [2.05, 4.69) is 28.6 Å². The van der Waals surface area contributed by atoms with Crippen LogP contribution in [0.2, 0.25) is 0 Å². The van der Waals surface area contributed by atoms with E-state index in [4.69, 9.17) is 4.74 Å². The van der Waals surface area contributed by atoms with Crippen molar-refractivity contribution in [3.05, 3.63) is 23.9 Å². The fourth-order valence-corrected chi connectivity index (χ4v) is 3.98. The molecule has 6 heteroatoms. The van der Waals surface area contributed by atoms with Crippen LogP contribution in [0.25, 0.3) is 0 Å². The zero-order valence-corrected chi connectivity index (χ0v) is 17.2. The molecular formula is C21H34N4O2. The monoisotopic (exact) mass is 374 g/mol. The van der Waals surface area contributed by atoms with E-state index in [9.17, 15) is 4.79 Å². The SMILES string of the molecule is CC(C)N1CCC(OC2CCN(c3ccc(C(=O)N(C)C)cn3)CC2)CC1. The van der Waals surface area contributed by atoms with Gasteiger partial charge in [0, 0.05) is 52.5 Å². The van der Waals surface area contributed by atoms with E-state index in [0.29, 0.717) is 23.8 Å². The van der Waals surface area contributed by atoms with Crippen molar-refractivity contribution in [1.29, 1.82) is 0 Å². The summed E-state index contributed by atoms with van der Waals surface area (Å²) in [6.45, 7) is 8.78. The van der Waals surface area contributed by atoms with Crippen LogP contribution < -0.4 is 4.90 Å². The Labute approximate surface area is 163 Å². The Morgan fingerprint density at radius 2 is 1.67 bits per heavy atom. The minimum atomic E-state index is -0.00956. The van der Waals surface area contributed by atoms with Gasteiger partial charge in [-0.1, -0.05) is 0 Å². The first-order valence-electron chi connectivity index (χ1n) is 10.3. The summed E-state index contributed by atoms with van der Waals surface area (Å²) in [6.07, 6.45) is 6.87. The minimum absolute atomic E-state index is 0.00956. The Bertz CT molecular complexity index is 601. The van der Waals surface area contributed by atoms with Crippen LogP contribution in [0.5, 0.6) is 0 Å². The third-order valence-corrected chi connectivity index (χ3v) is 5.76. The van der Waals surface area contributed by atoms with Crippen molar-refractivity contribution in [2.75, 3.05) is 45.2 Å². The molecule has 0 aliphatic carbocycles. The summed E-state index contributed by atoms with van der Waals surface area (Å²) in [4.78, 5) is 22.9. The number of hydrogen-bond donors (Lipinski definition) is 0. The van der Waals surface area contributed by atoms with E-state index >= 15 is 0 Å². The number of amides is 1. The van der Waals surface area contributed by atoms with Crippen molar-refractivity contribution in [2.45, 2.75) is 57.8 Å². The molecule has 0 aromatic carbocycles. The molecule has 27 heavy (non-hydrogen) atoms. The molecule has 0 N–H and O–H groups in total. The maximum absolute atomic E-state index is 12.0. The van der Waals surface area contributed by atoms with Gasteiger partial charge in [-0.25, -0.2) is 4.98 Å². The molecule has 2 aliphatic rings. The highest BCUT2D eigenvalue weighted by molar-refractivity contribution is 5.93. The van der Waals surface area contributed by atoms with E-state index < -0.39 is 0 Å². The van der Waals surface area contributed by atoms with Crippen LogP contribution in [-0.2, 0) is 4.74 Å². The highest BCUT2D eigenvalue weighted by Gasteiger charge is 2.27. The summed E-state index contributed by atoms with van der Waals surface area (Å²) in [5.74, 6) is 0.943. The summed E-state index contributed by atoms with van der Waals surface area (Å²) in [6, 6.07) is 4.47. The number of carbonyl (C=O) groups excluding carboxylic acids is 1. The van der Waals surface area contributed by atoms with Gasteiger partial charge in [0.25, 0.3) is 5.91 Å². The standard InChI is InChI=1S/C21H34N4O2/c1-16(2)24-11-7-18(8-12-24)27-19-9-13-25(14-10-19)20-6-5-17(15-22-20)21(26)23(3)4/h5-6,15-16,18-19H,7-14H2,1-4H3. The number of ether oxygens (including phenoxy) is 1. The second kappa shape index (κ2) is 9.02. The third kappa shape index (κ3) is 5.20. The van der Waals surface area contributed by atoms with Crippen molar-refractivity contribution in [3.63, 3.8) is 0 Å². The lowest BCUT2D eigenvalue weighted by molar-refractivity contribution is -0.0540. The Hall–Kier alpha value is -1.66. The van der Waals surface area contributed by atoms with Gasteiger partial charge in [-0.2, -0.15) is 0 Å². The second-order valence-electron chi connectivity index (χ2n) is 8.26. The van der Waals surface area contributed by atoms with E-state index in [-0.39, 0.29) is 5.91 Å². The van der Waals surface area contributed by atoms with E-state index in [1.165, 1.54) is 0 Å². The lowest BCUT2D eigenvalue weighted by atomic mass is 10.0. The molecule has 150 valence electrons. The smallest absolute Gasteiger partial charge is 0.254 e. The predicted octanol–water partition coefficient (Wildman–Crippen LogP) is 2.64. The average Bonchev–Trinajstić information content (AvgIpc) is 2.68. The van der Waals surface area contributed by atoms with Gasteiger partial charge in [-0.05, 0) is 51.7 Å². The van der Waals surface area contributed by atoms with Crippen LogP contribution in [0.15, 0.2) is 18.3 Å². The van der Waals surface area contributed by atoms with Gasteiger partial charge < -0.3 is 19.4 Å². The molecule has 0 radical (unpaired) electrons. The molecule has 1 amide bonds. The number of likely N-dealkylation sites (tertiary alicyclic amines) is 1. The van der Waals surface area contributed by atoms with Gasteiger partial charge in [-0.3, -0.25) is 4.79 Å². The summed E-state index contributed by atoms with van der Waals surface area (Å²) < 4.78 is 6.40. The molecule has 0 unspecified atom stereocenters. The Balaban J connectivity index is 1.44. The van der Waals surface area contributed by atoms with Crippen LogP contribution >= 0.6 is 0 Å². The molecule has 2 fully saturated rings. The fourth-order valence-electron chi connectivity index (χ4n) is 3.98. The van der Waals surface area contributed by atoms with Gasteiger partial charge >= 0.3 is 0 Å². The van der Waals surface area contributed by atoms with Crippen LogP contribution in [0.3, 0.4) is 0 Å². The number of aromatic nitrogens is 1. The molecule has 1 aromatic heterocycles. The number of anilines is 1. The minimum Gasteiger partial charge on any atom is -0.375 e. The highest BCUT2D eigenvalue weighted by atomic mass is 16.5. The van der Waals surface area contributed by atoms with Crippen molar-refractivity contribution in [2.24, 2.45) is 0 Å². The lowest BCUT2D eigenvalue weighted by Crippen LogP contribution is -2.44. The molecule has 3 heterocycles. The van der Waals surface area contributed by atoms with Gasteiger partial charge in [-0.15, -0.1) is 0 Å². The quantitative estimate of drug-likeness (QED) is 0.793. The van der Waals surface area contributed by atoms with Gasteiger partial charge in [0.1, 0.15) is 5.82 Å². The van der Waals surface area contributed by atoms with Gasteiger partial charge in [0.2, 0.25) is 0 Å². The maximum Gasteiger partial charge on any atom is 0.254 e. The molecule has 2 saturated heterocycles. The second-order valence-corrected chi connectivity index (χ2v) is 8.26. The Kier molecular flexibility index (Phi) is 6.71. The number of rotatable bonds is 5. The number of nitrogens with zero attached hydrogens (tertiary/aromatic N) is 4. The first-order chi connectivity index (χ1) is 12.9. The predicted molar refractivity (Wildman–Crippen MR) is 108 cm³/mol. The van der Waals surface area contributed by atoms with Gasteiger partial charge in [0.05, 0.1) is 17.8 Å². The number of carbonyl (C=O) groups is 1. The topological polar surface area (TPSA) is 48.9 Å². The zero-order chi connectivity index (χ0) is 19.4. The molecular weight excluding hydrogens is 340 g/mol. The third-order valence-electron chi connectivity index (χ3n) is 5.76. The van der Waals surface area contributed by atoms with Crippen molar-refractivity contribution >= 4 is 11.7 Å². The van der Waals surface area contributed by atoms with Crippen molar-refractivity contribution in [1.82, 2.24) is 14.8 Å². The number of pyridine rings is 1. The molecule has 2 aliphatic heterocycles. The van der Waals surface area contributed by atoms with Crippen LogP contribution in [0.1, 0.15) is 49.9 Å². The molecule has 0 atom stereocenters. The molecule has 0 spiro atoms. The van der Waals surface area contributed by atoms with Crippen LogP contribution in [-0.4, -0.2) is 79.2 Å². The first-order valence-corrected chi connectivity index (χ1v) is 10.3. The highest BCUT2D eigenvalue weighted by Crippen LogP contribution is 2.24. The normalized spacial score (nSPS) is 20.3. The molecule has 0 bridgehead atoms.